The van der Waals surface area contributed by atoms with Gasteiger partial charge in [-0.1, -0.05) is 13.8 Å². The van der Waals surface area contributed by atoms with E-state index < -0.39 is 5.97 Å². The molecule has 4 heteroatoms. The number of nitrogens with zero attached hydrogens (tertiary/aromatic N) is 2. The molecule has 78 valence electrons. The molecule has 4 nitrogen and oxygen atoms in total. The Morgan fingerprint density at radius 3 is 2.43 bits per heavy atom. The number of rotatable bonds is 3. The highest BCUT2D eigenvalue weighted by molar-refractivity contribution is 5.88. The summed E-state index contributed by atoms with van der Waals surface area (Å²) in [5, 5.41) is 12.9. The quantitative estimate of drug-likeness (QED) is 0.805. The van der Waals surface area contributed by atoms with E-state index in [0.717, 1.165) is 5.69 Å². The molecule has 0 aliphatic rings. The number of hydrogen-bond acceptors (Lipinski definition) is 2. The van der Waals surface area contributed by atoms with Crippen LogP contribution in [0.5, 0.6) is 0 Å². The van der Waals surface area contributed by atoms with Gasteiger partial charge in [0.05, 0.1) is 17.9 Å². The molecule has 1 aromatic rings. The topological polar surface area (TPSA) is 55.1 Å². The first-order chi connectivity index (χ1) is 6.45. The molecule has 0 radical (unpaired) electrons. The van der Waals surface area contributed by atoms with Crippen LogP contribution in [0.1, 0.15) is 42.9 Å². The number of carboxylic acid groups (broad SMARTS) is 1. The van der Waals surface area contributed by atoms with Gasteiger partial charge >= 0.3 is 5.97 Å². The largest absolute Gasteiger partial charge is 0.478 e. The standard InChI is InChI=1S/C10H16N2O2/c1-6(2)7(3)12-8(4)9(5-11-12)10(13)14/h5-7H,1-4H3,(H,13,14). The summed E-state index contributed by atoms with van der Waals surface area (Å²) < 4.78 is 1.77. The molecular weight excluding hydrogens is 180 g/mol. The Balaban J connectivity index is 3.06. The van der Waals surface area contributed by atoms with E-state index >= 15 is 0 Å². The van der Waals surface area contributed by atoms with Crippen LogP contribution in [0.3, 0.4) is 0 Å². The van der Waals surface area contributed by atoms with Crippen LogP contribution in [-0.2, 0) is 0 Å². The Bertz CT molecular complexity index is 342. The molecule has 0 bridgehead atoms. The van der Waals surface area contributed by atoms with Crippen molar-refractivity contribution in [2.45, 2.75) is 33.7 Å². The number of hydrogen-bond donors (Lipinski definition) is 1. The lowest BCUT2D eigenvalue weighted by Gasteiger charge is -2.17. The molecular formula is C10H16N2O2. The van der Waals surface area contributed by atoms with Gasteiger partial charge in [0.2, 0.25) is 0 Å². The number of aromatic carboxylic acids is 1. The van der Waals surface area contributed by atoms with Crippen LogP contribution < -0.4 is 0 Å². The summed E-state index contributed by atoms with van der Waals surface area (Å²) in [6.45, 7) is 8.00. The summed E-state index contributed by atoms with van der Waals surface area (Å²) in [4.78, 5) is 10.8. The summed E-state index contributed by atoms with van der Waals surface area (Å²) in [7, 11) is 0. The second kappa shape index (κ2) is 3.82. The lowest BCUT2D eigenvalue weighted by Crippen LogP contribution is -2.14. The molecule has 0 saturated carbocycles. The van der Waals surface area contributed by atoms with Gasteiger partial charge in [0.15, 0.2) is 0 Å². The SMILES string of the molecule is Cc1c(C(=O)O)cnn1C(C)C(C)C. The van der Waals surface area contributed by atoms with Gasteiger partial charge < -0.3 is 5.11 Å². The molecule has 0 saturated heterocycles. The molecule has 14 heavy (non-hydrogen) atoms. The van der Waals surface area contributed by atoms with Crippen molar-refractivity contribution < 1.29 is 9.90 Å². The third-order valence-corrected chi connectivity index (χ3v) is 2.63. The average molecular weight is 196 g/mol. The maximum Gasteiger partial charge on any atom is 0.339 e. The number of aromatic nitrogens is 2. The van der Waals surface area contributed by atoms with E-state index in [4.69, 9.17) is 5.11 Å². The van der Waals surface area contributed by atoms with E-state index in [0.29, 0.717) is 5.92 Å². The fourth-order valence-electron chi connectivity index (χ4n) is 1.33. The van der Waals surface area contributed by atoms with Gasteiger partial charge in [-0.25, -0.2) is 4.79 Å². The molecule has 1 N–H and O–H groups in total. The van der Waals surface area contributed by atoms with Crippen molar-refractivity contribution in [1.82, 2.24) is 9.78 Å². The lowest BCUT2D eigenvalue weighted by atomic mass is 10.1. The van der Waals surface area contributed by atoms with Crippen molar-refractivity contribution in [3.8, 4) is 0 Å². The lowest BCUT2D eigenvalue weighted by molar-refractivity contribution is 0.0696. The van der Waals surface area contributed by atoms with Crippen LogP contribution in [0.4, 0.5) is 0 Å². The summed E-state index contributed by atoms with van der Waals surface area (Å²) in [5.74, 6) is -0.472. The summed E-state index contributed by atoms with van der Waals surface area (Å²) >= 11 is 0. The number of carboxylic acids is 1. The third-order valence-electron chi connectivity index (χ3n) is 2.63. The van der Waals surface area contributed by atoms with Gasteiger partial charge in [-0.3, -0.25) is 4.68 Å². The summed E-state index contributed by atoms with van der Waals surface area (Å²) in [5.41, 5.74) is 1.01. The van der Waals surface area contributed by atoms with Crippen LogP contribution in [0.15, 0.2) is 6.20 Å². The molecule has 0 fully saturated rings. The predicted octanol–water partition coefficient (Wildman–Crippen LogP) is 2.11. The highest BCUT2D eigenvalue weighted by Gasteiger charge is 2.17. The summed E-state index contributed by atoms with van der Waals surface area (Å²) in [6.07, 6.45) is 1.41. The van der Waals surface area contributed by atoms with E-state index in [2.05, 4.69) is 18.9 Å². The van der Waals surface area contributed by atoms with Gasteiger partial charge in [0, 0.05) is 0 Å². The van der Waals surface area contributed by atoms with Crippen molar-refractivity contribution in [2.24, 2.45) is 5.92 Å². The van der Waals surface area contributed by atoms with E-state index in [1.54, 1.807) is 11.6 Å². The van der Waals surface area contributed by atoms with Gasteiger partial charge in [-0.05, 0) is 19.8 Å². The van der Waals surface area contributed by atoms with Crippen molar-refractivity contribution in [2.75, 3.05) is 0 Å². The first-order valence-electron chi connectivity index (χ1n) is 4.72. The molecule has 1 rings (SSSR count). The molecule has 1 aromatic heterocycles. The minimum atomic E-state index is -0.912. The van der Waals surface area contributed by atoms with Crippen LogP contribution in [0.25, 0.3) is 0 Å². The van der Waals surface area contributed by atoms with Crippen molar-refractivity contribution in [1.29, 1.82) is 0 Å². The fourth-order valence-corrected chi connectivity index (χ4v) is 1.33. The normalized spacial score (nSPS) is 13.2. The van der Waals surface area contributed by atoms with Gasteiger partial charge in [-0.15, -0.1) is 0 Å². The van der Waals surface area contributed by atoms with Crippen LogP contribution >= 0.6 is 0 Å². The minimum absolute atomic E-state index is 0.225. The van der Waals surface area contributed by atoms with Crippen molar-refractivity contribution in [3.63, 3.8) is 0 Å². The van der Waals surface area contributed by atoms with Gasteiger partial charge in [-0.2, -0.15) is 5.10 Å². The molecule has 0 amide bonds. The Labute approximate surface area is 83.5 Å². The molecule has 1 heterocycles. The summed E-state index contributed by atoms with van der Waals surface area (Å²) in [6, 6.07) is 0.225. The fraction of sp³-hybridized carbons (Fsp3) is 0.600. The van der Waals surface area contributed by atoms with Crippen LogP contribution in [0, 0.1) is 12.8 Å². The molecule has 0 spiro atoms. The van der Waals surface area contributed by atoms with E-state index in [1.165, 1.54) is 6.20 Å². The molecule has 1 unspecified atom stereocenters. The first kappa shape index (κ1) is 10.8. The molecule has 0 aromatic carbocycles. The van der Waals surface area contributed by atoms with Crippen LogP contribution in [0.2, 0.25) is 0 Å². The minimum Gasteiger partial charge on any atom is -0.478 e. The smallest absolute Gasteiger partial charge is 0.339 e. The van der Waals surface area contributed by atoms with Crippen molar-refractivity contribution >= 4 is 5.97 Å². The van der Waals surface area contributed by atoms with E-state index in [9.17, 15) is 4.79 Å². The maximum absolute atomic E-state index is 10.8. The zero-order valence-corrected chi connectivity index (χ0v) is 8.98. The van der Waals surface area contributed by atoms with Crippen molar-refractivity contribution in [3.05, 3.63) is 17.5 Å². The Kier molecular flexibility index (Phi) is 2.93. The third kappa shape index (κ3) is 1.78. The Hall–Kier alpha value is -1.32. The average Bonchev–Trinajstić information content (AvgIpc) is 2.45. The highest BCUT2D eigenvalue weighted by atomic mass is 16.4. The predicted molar refractivity (Wildman–Crippen MR) is 53.5 cm³/mol. The zero-order chi connectivity index (χ0) is 10.9. The van der Waals surface area contributed by atoms with E-state index in [1.807, 2.05) is 6.92 Å². The molecule has 0 aliphatic heterocycles. The first-order valence-corrected chi connectivity index (χ1v) is 4.72. The second-order valence-corrected chi connectivity index (χ2v) is 3.88. The second-order valence-electron chi connectivity index (χ2n) is 3.88. The number of carbonyl (C=O) groups is 1. The van der Waals surface area contributed by atoms with E-state index in [-0.39, 0.29) is 11.6 Å². The van der Waals surface area contributed by atoms with Crippen LogP contribution in [-0.4, -0.2) is 20.9 Å². The van der Waals surface area contributed by atoms with Gasteiger partial charge in [0.1, 0.15) is 5.56 Å². The maximum atomic E-state index is 10.8. The zero-order valence-electron chi connectivity index (χ0n) is 8.98. The molecule has 1 atom stereocenters. The Morgan fingerprint density at radius 2 is 2.07 bits per heavy atom. The monoisotopic (exact) mass is 196 g/mol. The van der Waals surface area contributed by atoms with Gasteiger partial charge in [0.25, 0.3) is 0 Å². The Morgan fingerprint density at radius 1 is 1.50 bits per heavy atom. The highest BCUT2D eigenvalue weighted by Crippen LogP contribution is 2.19. The molecule has 0 aliphatic carbocycles.